The van der Waals surface area contributed by atoms with Crippen LogP contribution in [0.25, 0.3) is 11.0 Å². The zero-order valence-electron chi connectivity index (χ0n) is 20.9. The minimum absolute atomic E-state index is 0.296. The predicted octanol–water partition coefficient (Wildman–Crippen LogP) is 7.43. The van der Waals surface area contributed by atoms with Crippen molar-refractivity contribution in [2.75, 3.05) is 0 Å². The third kappa shape index (κ3) is 5.20. The lowest BCUT2D eigenvalue weighted by atomic mass is 9.85. The summed E-state index contributed by atoms with van der Waals surface area (Å²) in [6, 6.07) is 8.38. The highest BCUT2D eigenvalue weighted by atomic mass is 16.5. The van der Waals surface area contributed by atoms with Crippen molar-refractivity contribution in [1.82, 2.24) is 9.55 Å². The van der Waals surface area contributed by atoms with Gasteiger partial charge in [0.25, 0.3) is 0 Å². The van der Waals surface area contributed by atoms with Crippen molar-refractivity contribution in [2.45, 2.75) is 98.1 Å². The van der Waals surface area contributed by atoms with Crippen LogP contribution < -0.4 is 4.74 Å². The van der Waals surface area contributed by atoms with Crippen LogP contribution >= 0.6 is 0 Å². The Kier molecular flexibility index (Phi) is 7.62. The molecular formula is C29H40N2O2. The van der Waals surface area contributed by atoms with Gasteiger partial charge in [0.05, 0.1) is 17.4 Å². The highest BCUT2D eigenvalue weighted by Gasteiger charge is 2.30. The summed E-state index contributed by atoms with van der Waals surface area (Å²) < 4.78 is 8.78. The molecule has 4 rings (SSSR count). The van der Waals surface area contributed by atoms with Crippen molar-refractivity contribution in [3.63, 3.8) is 0 Å². The molecule has 1 N–H and O–H groups in total. The third-order valence-corrected chi connectivity index (χ3v) is 7.69. The summed E-state index contributed by atoms with van der Waals surface area (Å²) in [7, 11) is 0. The maximum absolute atomic E-state index is 10.4. The van der Waals surface area contributed by atoms with Gasteiger partial charge in [-0.2, -0.15) is 0 Å². The lowest BCUT2D eigenvalue weighted by molar-refractivity contribution is 0.109. The van der Waals surface area contributed by atoms with E-state index in [9.17, 15) is 5.11 Å². The Morgan fingerprint density at radius 3 is 2.42 bits per heavy atom. The number of hydrogen-bond donors (Lipinski definition) is 1. The number of unbranched alkanes of at least 4 members (excludes halogenated alkanes) is 6. The number of benzene rings is 2. The average Bonchev–Trinajstić information content (AvgIpc) is 3.24. The van der Waals surface area contributed by atoms with E-state index in [2.05, 4.69) is 41.6 Å². The minimum Gasteiger partial charge on any atom is -0.507 e. The van der Waals surface area contributed by atoms with Crippen LogP contribution in [0.1, 0.15) is 80.5 Å². The first-order valence-electron chi connectivity index (χ1n) is 12.9. The summed E-state index contributed by atoms with van der Waals surface area (Å²) in [6.07, 6.45) is 13.4. The molecule has 1 aliphatic rings. The summed E-state index contributed by atoms with van der Waals surface area (Å²) in [5.74, 6) is 1.98. The Balaban J connectivity index is 1.13. The Morgan fingerprint density at radius 1 is 0.939 bits per heavy atom. The van der Waals surface area contributed by atoms with E-state index in [0.717, 1.165) is 47.3 Å². The van der Waals surface area contributed by atoms with Crippen molar-refractivity contribution >= 4 is 11.0 Å². The fourth-order valence-corrected chi connectivity index (χ4v) is 5.34. The first-order valence-corrected chi connectivity index (χ1v) is 12.9. The van der Waals surface area contributed by atoms with E-state index in [1.54, 1.807) is 0 Å². The van der Waals surface area contributed by atoms with Crippen molar-refractivity contribution in [2.24, 2.45) is 5.92 Å². The molecule has 0 aliphatic carbocycles. The van der Waals surface area contributed by atoms with E-state index in [-0.39, 0.29) is 0 Å². The Hall–Kier alpha value is -2.49. The average molecular weight is 449 g/mol. The normalized spacial score (nSPS) is 17.8. The molecule has 1 aliphatic heterocycles. The molecule has 178 valence electrons. The molecule has 0 fully saturated rings. The summed E-state index contributed by atoms with van der Waals surface area (Å²) >= 11 is 0. The summed E-state index contributed by atoms with van der Waals surface area (Å²) in [4.78, 5) is 4.48. The zero-order valence-corrected chi connectivity index (χ0v) is 20.9. The lowest BCUT2D eigenvalue weighted by Crippen LogP contribution is -2.32. The van der Waals surface area contributed by atoms with Gasteiger partial charge >= 0.3 is 0 Å². The highest BCUT2D eigenvalue weighted by Crippen LogP contribution is 2.42. The Labute approximate surface area is 199 Å². The van der Waals surface area contributed by atoms with E-state index in [1.165, 1.54) is 56.0 Å². The van der Waals surface area contributed by atoms with Crippen LogP contribution in [0.4, 0.5) is 0 Å². The molecular weight excluding hydrogens is 408 g/mol. The number of aromatic hydroxyl groups is 1. The molecule has 1 unspecified atom stereocenters. The quantitative estimate of drug-likeness (QED) is 0.328. The number of aryl methyl sites for hydroxylation is 1. The summed E-state index contributed by atoms with van der Waals surface area (Å²) in [5, 5.41) is 10.4. The summed E-state index contributed by atoms with van der Waals surface area (Å²) in [6.45, 7) is 9.45. The second kappa shape index (κ2) is 10.6. The van der Waals surface area contributed by atoms with Gasteiger partial charge in [0, 0.05) is 12.1 Å². The van der Waals surface area contributed by atoms with Gasteiger partial charge in [-0.15, -0.1) is 0 Å². The van der Waals surface area contributed by atoms with Gasteiger partial charge in [-0.3, -0.25) is 0 Å². The molecule has 2 atom stereocenters. The lowest BCUT2D eigenvalue weighted by Gasteiger charge is -2.34. The van der Waals surface area contributed by atoms with Crippen molar-refractivity contribution < 1.29 is 9.84 Å². The minimum atomic E-state index is 0.296. The number of fused-ring (bicyclic) bond motifs is 2. The van der Waals surface area contributed by atoms with Gasteiger partial charge in [-0.1, -0.05) is 51.2 Å². The SMILES string of the molecule is Cc1c(C)c2c(c(C)c1O)CC(C)[C@@H](CCCCCCCCCn1cnc3ccccc31)O2. The second-order valence-electron chi connectivity index (χ2n) is 10.1. The maximum Gasteiger partial charge on any atom is 0.126 e. The van der Waals surface area contributed by atoms with Gasteiger partial charge in [-0.25, -0.2) is 4.98 Å². The van der Waals surface area contributed by atoms with Crippen molar-refractivity contribution in [3.8, 4) is 11.5 Å². The molecule has 2 heterocycles. The first kappa shape index (κ1) is 23.7. The number of aromatic nitrogens is 2. The van der Waals surface area contributed by atoms with Crippen LogP contribution in [0.2, 0.25) is 0 Å². The fraction of sp³-hybridized carbons (Fsp3) is 0.552. The number of rotatable bonds is 10. The number of hydrogen-bond acceptors (Lipinski definition) is 3. The monoisotopic (exact) mass is 448 g/mol. The highest BCUT2D eigenvalue weighted by molar-refractivity contribution is 5.74. The van der Waals surface area contributed by atoms with E-state index in [4.69, 9.17) is 4.74 Å². The van der Waals surface area contributed by atoms with Crippen molar-refractivity contribution in [1.29, 1.82) is 0 Å². The van der Waals surface area contributed by atoms with Crippen LogP contribution in [0.3, 0.4) is 0 Å². The smallest absolute Gasteiger partial charge is 0.126 e. The van der Waals surface area contributed by atoms with Crippen LogP contribution in [0.15, 0.2) is 30.6 Å². The molecule has 33 heavy (non-hydrogen) atoms. The van der Waals surface area contributed by atoms with E-state index < -0.39 is 0 Å². The third-order valence-electron chi connectivity index (χ3n) is 7.69. The molecule has 3 aromatic rings. The van der Waals surface area contributed by atoms with E-state index in [0.29, 0.717) is 17.8 Å². The van der Waals surface area contributed by atoms with Crippen molar-refractivity contribution in [3.05, 3.63) is 52.8 Å². The van der Waals surface area contributed by atoms with Crippen LogP contribution in [-0.2, 0) is 13.0 Å². The first-order chi connectivity index (χ1) is 16.0. The molecule has 4 heteroatoms. The molecule has 1 aromatic heterocycles. The molecule has 4 nitrogen and oxygen atoms in total. The maximum atomic E-state index is 10.4. The standard InChI is InChI=1S/C29H40N2O2/c1-20-18-24-23(4)28(32)21(2)22(3)29(24)33-27(20)16-10-8-6-5-7-9-13-17-31-19-30-25-14-11-12-15-26(25)31/h11-12,14-15,19-20,27,32H,5-10,13,16-18H2,1-4H3/t20?,27-/m1/s1. The molecule has 0 saturated carbocycles. The number of phenolic OH excluding ortho intramolecular Hbond substituents is 1. The molecule has 2 aromatic carbocycles. The second-order valence-corrected chi connectivity index (χ2v) is 10.1. The molecule has 0 saturated heterocycles. The summed E-state index contributed by atoms with van der Waals surface area (Å²) in [5.41, 5.74) is 6.62. The van der Waals surface area contributed by atoms with Gasteiger partial charge in [-0.05, 0) is 81.2 Å². The van der Waals surface area contributed by atoms with Crippen LogP contribution in [0, 0.1) is 26.7 Å². The fourth-order valence-electron chi connectivity index (χ4n) is 5.34. The molecule has 0 radical (unpaired) electrons. The number of phenols is 1. The van der Waals surface area contributed by atoms with Gasteiger partial charge in [0.2, 0.25) is 0 Å². The zero-order chi connectivity index (χ0) is 23.4. The van der Waals surface area contributed by atoms with Crippen LogP contribution in [-0.4, -0.2) is 20.8 Å². The number of imidazole rings is 1. The van der Waals surface area contributed by atoms with E-state index in [1.807, 2.05) is 26.2 Å². The Bertz CT molecular complexity index is 1080. The Morgan fingerprint density at radius 2 is 1.64 bits per heavy atom. The van der Waals surface area contributed by atoms with E-state index >= 15 is 0 Å². The molecule has 0 amide bonds. The predicted molar refractivity (Wildman–Crippen MR) is 136 cm³/mol. The van der Waals surface area contributed by atoms with Gasteiger partial charge in [0.15, 0.2) is 0 Å². The van der Waals surface area contributed by atoms with Gasteiger partial charge < -0.3 is 14.4 Å². The topological polar surface area (TPSA) is 47.3 Å². The number of ether oxygens (including phenoxy) is 1. The largest absolute Gasteiger partial charge is 0.507 e. The van der Waals surface area contributed by atoms with Crippen LogP contribution in [0.5, 0.6) is 11.5 Å². The molecule has 0 spiro atoms. The number of para-hydroxylation sites is 2. The number of nitrogens with zero attached hydrogens (tertiary/aromatic N) is 2. The molecule has 0 bridgehead atoms. The van der Waals surface area contributed by atoms with Gasteiger partial charge in [0.1, 0.15) is 17.6 Å².